The van der Waals surface area contributed by atoms with Gasteiger partial charge in [-0.1, -0.05) is 19.3 Å². The van der Waals surface area contributed by atoms with Crippen molar-refractivity contribution in [1.82, 2.24) is 14.6 Å². The van der Waals surface area contributed by atoms with E-state index in [1.807, 2.05) is 0 Å². The number of ether oxygens (including phenoxy) is 1. The van der Waals surface area contributed by atoms with Gasteiger partial charge in [0.25, 0.3) is 5.56 Å². The second-order valence-corrected chi connectivity index (χ2v) is 8.83. The standard InChI is InChI=1S/C26H22F3N3O4/c27-26(28,29)17-8-12-19(13-9-17)36-18-10-6-16(7-11-18)23-22(15-4-2-1-3-5-15)24(33)32-21(30-23)14-20(31-32)25(34)35/h6-15,31H,1-5H2,(H,34,35). The number of hydrogen-bond donors (Lipinski definition) is 2. The fourth-order valence-corrected chi connectivity index (χ4v) is 4.65. The summed E-state index contributed by atoms with van der Waals surface area (Å²) in [5, 5.41) is 12.0. The van der Waals surface area contributed by atoms with E-state index in [0.717, 1.165) is 44.2 Å². The van der Waals surface area contributed by atoms with Gasteiger partial charge in [-0.25, -0.2) is 14.3 Å². The van der Waals surface area contributed by atoms with E-state index in [4.69, 9.17) is 4.74 Å². The predicted octanol–water partition coefficient (Wildman–Crippen LogP) is 6.25. The van der Waals surface area contributed by atoms with Gasteiger partial charge in [-0.05, 0) is 67.3 Å². The Balaban J connectivity index is 1.50. The molecule has 36 heavy (non-hydrogen) atoms. The summed E-state index contributed by atoms with van der Waals surface area (Å²) in [5.41, 5.74) is 0.687. The van der Waals surface area contributed by atoms with Crippen molar-refractivity contribution in [3.8, 4) is 22.8 Å². The molecule has 1 aliphatic rings. The van der Waals surface area contributed by atoms with E-state index in [1.165, 1.54) is 22.7 Å². The average Bonchev–Trinajstić information content (AvgIpc) is 3.30. The third kappa shape index (κ3) is 4.58. The van der Waals surface area contributed by atoms with Gasteiger partial charge in [0.1, 0.15) is 17.2 Å². The maximum atomic E-state index is 13.5. The summed E-state index contributed by atoms with van der Waals surface area (Å²) >= 11 is 0. The van der Waals surface area contributed by atoms with Crippen LogP contribution in [-0.2, 0) is 6.18 Å². The zero-order valence-corrected chi connectivity index (χ0v) is 19.0. The Kier molecular flexibility index (Phi) is 6.03. The summed E-state index contributed by atoms with van der Waals surface area (Å²) in [6.45, 7) is 0. The normalized spacial score (nSPS) is 14.8. The van der Waals surface area contributed by atoms with Crippen LogP contribution in [0.5, 0.6) is 11.5 Å². The number of carboxylic acids is 1. The van der Waals surface area contributed by atoms with Gasteiger partial charge in [0.05, 0.1) is 11.3 Å². The lowest BCUT2D eigenvalue weighted by atomic mass is 9.83. The maximum Gasteiger partial charge on any atom is 0.416 e. The Morgan fingerprint density at radius 3 is 2.19 bits per heavy atom. The number of rotatable bonds is 5. The number of carboxylic acid groups (broad SMARTS) is 1. The summed E-state index contributed by atoms with van der Waals surface area (Å²) in [5.74, 6) is -0.522. The molecule has 7 nitrogen and oxygen atoms in total. The van der Waals surface area contributed by atoms with E-state index in [0.29, 0.717) is 22.6 Å². The van der Waals surface area contributed by atoms with Crippen molar-refractivity contribution in [2.24, 2.45) is 0 Å². The van der Waals surface area contributed by atoms with Crippen LogP contribution in [0.2, 0.25) is 0 Å². The van der Waals surface area contributed by atoms with E-state index >= 15 is 0 Å². The van der Waals surface area contributed by atoms with Crippen molar-refractivity contribution in [1.29, 1.82) is 0 Å². The minimum atomic E-state index is -4.42. The third-order valence-electron chi connectivity index (χ3n) is 6.44. The Morgan fingerprint density at radius 2 is 1.61 bits per heavy atom. The minimum absolute atomic E-state index is 0.00491. The fraction of sp³-hybridized carbons (Fsp3) is 0.269. The first kappa shape index (κ1) is 23.7. The largest absolute Gasteiger partial charge is 0.477 e. The van der Waals surface area contributed by atoms with Crippen molar-refractivity contribution in [3.63, 3.8) is 0 Å². The highest BCUT2D eigenvalue weighted by Crippen LogP contribution is 2.37. The van der Waals surface area contributed by atoms with Gasteiger partial charge in [0, 0.05) is 17.2 Å². The second kappa shape index (κ2) is 9.18. The van der Waals surface area contributed by atoms with Crippen molar-refractivity contribution >= 4 is 11.6 Å². The van der Waals surface area contributed by atoms with Crippen LogP contribution in [-0.4, -0.2) is 25.7 Å². The number of hydrogen-bond acceptors (Lipinski definition) is 4. The quantitative estimate of drug-likeness (QED) is 0.340. The SMILES string of the molecule is O=C(O)c1cc2nc(-c3ccc(Oc4ccc(C(F)(F)F)cc4)cc3)c(C3CCCCC3)c(=O)n2[nH]1. The predicted molar refractivity (Wildman–Crippen MR) is 126 cm³/mol. The number of aromatic nitrogens is 3. The summed E-state index contributed by atoms with van der Waals surface area (Å²) in [6, 6.07) is 12.5. The average molecular weight is 497 g/mol. The van der Waals surface area contributed by atoms with Gasteiger partial charge in [-0.15, -0.1) is 0 Å². The Morgan fingerprint density at radius 1 is 1.00 bits per heavy atom. The molecule has 0 aliphatic heterocycles. The number of alkyl halides is 3. The third-order valence-corrected chi connectivity index (χ3v) is 6.44. The molecule has 0 spiro atoms. The van der Waals surface area contributed by atoms with Crippen LogP contribution in [0.25, 0.3) is 16.9 Å². The van der Waals surface area contributed by atoms with Crippen molar-refractivity contribution in [2.45, 2.75) is 44.2 Å². The van der Waals surface area contributed by atoms with Gasteiger partial charge < -0.3 is 9.84 Å². The van der Waals surface area contributed by atoms with Crippen LogP contribution in [0.3, 0.4) is 0 Å². The van der Waals surface area contributed by atoms with Crippen LogP contribution in [0, 0.1) is 0 Å². The molecule has 2 aromatic heterocycles. The summed E-state index contributed by atoms with van der Waals surface area (Å²) in [4.78, 5) is 29.5. The van der Waals surface area contributed by atoms with Gasteiger partial charge in [0.15, 0.2) is 5.65 Å². The Bertz CT molecular complexity index is 1470. The number of aromatic carboxylic acids is 1. The number of benzene rings is 2. The molecular weight excluding hydrogens is 475 g/mol. The molecule has 0 saturated heterocycles. The van der Waals surface area contributed by atoms with Gasteiger partial charge >= 0.3 is 12.1 Å². The molecule has 0 radical (unpaired) electrons. The first-order chi connectivity index (χ1) is 17.2. The lowest BCUT2D eigenvalue weighted by Gasteiger charge is -2.23. The molecular formula is C26H22F3N3O4. The zero-order chi connectivity index (χ0) is 25.4. The van der Waals surface area contributed by atoms with Crippen molar-refractivity contribution in [2.75, 3.05) is 0 Å². The molecule has 0 bridgehead atoms. The lowest BCUT2D eigenvalue weighted by molar-refractivity contribution is -0.137. The van der Waals surface area contributed by atoms with E-state index < -0.39 is 17.7 Å². The first-order valence-corrected chi connectivity index (χ1v) is 11.6. The van der Waals surface area contributed by atoms with Crippen molar-refractivity contribution in [3.05, 3.63) is 81.8 Å². The van der Waals surface area contributed by atoms with E-state index in [2.05, 4.69) is 10.1 Å². The molecule has 1 fully saturated rings. The zero-order valence-electron chi connectivity index (χ0n) is 19.0. The van der Waals surface area contributed by atoms with E-state index in [9.17, 15) is 27.9 Å². The molecule has 10 heteroatoms. The van der Waals surface area contributed by atoms with Crippen LogP contribution in [0.4, 0.5) is 13.2 Å². The summed E-state index contributed by atoms with van der Waals surface area (Å²) < 4.78 is 45.2. The lowest BCUT2D eigenvalue weighted by Crippen LogP contribution is -2.25. The number of H-pyrrole nitrogens is 1. The van der Waals surface area contributed by atoms with Crippen LogP contribution in [0.1, 0.15) is 59.6 Å². The number of carbonyl (C=O) groups is 1. The Labute approximate surface area is 203 Å². The highest BCUT2D eigenvalue weighted by Gasteiger charge is 2.30. The number of nitrogens with zero attached hydrogens (tertiary/aromatic N) is 2. The Hall–Kier alpha value is -4.08. The molecule has 5 rings (SSSR count). The molecule has 0 amide bonds. The molecule has 1 aliphatic carbocycles. The number of aromatic amines is 1. The highest BCUT2D eigenvalue weighted by molar-refractivity contribution is 5.86. The highest BCUT2D eigenvalue weighted by atomic mass is 19.4. The van der Waals surface area contributed by atoms with Gasteiger partial charge in [0.2, 0.25) is 0 Å². The van der Waals surface area contributed by atoms with Crippen LogP contribution in [0.15, 0.2) is 59.4 Å². The molecule has 1 saturated carbocycles. The van der Waals surface area contributed by atoms with Crippen LogP contribution >= 0.6 is 0 Å². The molecule has 0 unspecified atom stereocenters. The number of halogens is 3. The number of nitrogens with one attached hydrogen (secondary N) is 1. The minimum Gasteiger partial charge on any atom is -0.477 e. The van der Waals surface area contributed by atoms with E-state index in [-0.39, 0.29) is 28.6 Å². The summed E-state index contributed by atoms with van der Waals surface area (Å²) in [7, 11) is 0. The number of fused-ring (bicyclic) bond motifs is 1. The van der Waals surface area contributed by atoms with Crippen LogP contribution < -0.4 is 10.3 Å². The second-order valence-electron chi connectivity index (χ2n) is 8.83. The fourth-order valence-electron chi connectivity index (χ4n) is 4.65. The first-order valence-electron chi connectivity index (χ1n) is 11.6. The van der Waals surface area contributed by atoms with Gasteiger partial charge in [-0.3, -0.25) is 9.89 Å². The van der Waals surface area contributed by atoms with Crippen molar-refractivity contribution < 1.29 is 27.8 Å². The molecule has 2 N–H and O–H groups in total. The molecule has 186 valence electrons. The molecule has 0 atom stereocenters. The molecule has 4 aromatic rings. The van der Waals surface area contributed by atoms with E-state index in [1.54, 1.807) is 24.3 Å². The monoisotopic (exact) mass is 497 g/mol. The van der Waals surface area contributed by atoms with Gasteiger partial charge in [-0.2, -0.15) is 13.2 Å². The topological polar surface area (TPSA) is 96.7 Å². The smallest absolute Gasteiger partial charge is 0.416 e. The molecule has 2 aromatic carbocycles. The summed E-state index contributed by atoms with van der Waals surface area (Å²) in [6.07, 6.45) is 0.363. The molecule has 2 heterocycles. The maximum absolute atomic E-state index is 13.5.